The number of carbonyl (C=O) groups is 1. The Morgan fingerprint density at radius 3 is 2.35 bits per heavy atom. The number of nitro groups is 1. The lowest BCUT2D eigenvalue weighted by molar-refractivity contribution is -0.384. The molecule has 1 fully saturated rings. The molecule has 6 rings (SSSR count). The van der Waals surface area contributed by atoms with Crippen LogP contribution in [0, 0.1) is 10.1 Å². The van der Waals surface area contributed by atoms with Gasteiger partial charge < -0.3 is 14.2 Å². The number of methoxy groups -OCH3 is 3. The van der Waals surface area contributed by atoms with Crippen LogP contribution in [0.5, 0.6) is 17.2 Å². The summed E-state index contributed by atoms with van der Waals surface area (Å²) >= 11 is 2.68. The Morgan fingerprint density at radius 2 is 1.67 bits per heavy atom. The first-order valence-corrected chi connectivity index (χ1v) is 14.8. The van der Waals surface area contributed by atoms with Gasteiger partial charge in [0, 0.05) is 35.0 Å². The molecule has 1 amide bonds. The van der Waals surface area contributed by atoms with E-state index in [0.29, 0.717) is 49.8 Å². The van der Waals surface area contributed by atoms with E-state index in [-0.39, 0.29) is 17.3 Å². The Morgan fingerprint density at radius 1 is 0.930 bits per heavy atom. The number of thioether (sulfide) groups is 1. The van der Waals surface area contributed by atoms with Gasteiger partial charge in [-0.2, -0.15) is 5.10 Å². The van der Waals surface area contributed by atoms with E-state index in [1.165, 1.54) is 56.6 Å². The van der Waals surface area contributed by atoms with Crippen molar-refractivity contribution in [1.29, 1.82) is 0 Å². The van der Waals surface area contributed by atoms with Crippen molar-refractivity contribution in [2.24, 2.45) is 0 Å². The third kappa shape index (κ3) is 5.26. The molecule has 1 atom stereocenters. The van der Waals surface area contributed by atoms with Crippen molar-refractivity contribution in [1.82, 2.24) is 20.0 Å². The molecule has 0 aliphatic carbocycles. The lowest BCUT2D eigenvalue weighted by Gasteiger charge is -2.20. The average molecular weight is 617 g/mol. The molecule has 218 valence electrons. The molecule has 43 heavy (non-hydrogen) atoms. The van der Waals surface area contributed by atoms with E-state index in [9.17, 15) is 14.9 Å². The summed E-state index contributed by atoms with van der Waals surface area (Å²) in [5.41, 5.74) is 3.24. The van der Waals surface area contributed by atoms with Crippen LogP contribution in [0.2, 0.25) is 0 Å². The number of anilines is 1. The van der Waals surface area contributed by atoms with E-state index in [1.807, 2.05) is 36.5 Å². The zero-order chi connectivity index (χ0) is 30.1. The molecular weight excluding hydrogens is 592 g/mol. The van der Waals surface area contributed by atoms with E-state index in [2.05, 4.69) is 10.2 Å². The average Bonchev–Trinajstić information content (AvgIpc) is 3.79. The van der Waals surface area contributed by atoms with Crippen molar-refractivity contribution in [3.63, 3.8) is 0 Å². The minimum atomic E-state index is -0.500. The fourth-order valence-corrected chi connectivity index (χ4v) is 6.87. The fraction of sp³-hybridized carbons (Fsp3) is 0.172. The summed E-state index contributed by atoms with van der Waals surface area (Å²) in [6.07, 6.45) is 1.86. The van der Waals surface area contributed by atoms with Crippen LogP contribution >= 0.6 is 23.1 Å². The van der Waals surface area contributed by atoms with Crippen LogP contribution in [-0.4, -0.2) is 57.9 Å². The zero-order valence-corrected chi connectivity index (χ0v) is 24.8. The molecule has 0 bridgehead atoms. The second kappa shape index (κ2) is 11.7. The number of hydrogen-bond donors (Lipinski definition) is 0. The number of hydrogen-bond acceptors (Lipinski definition) is 11. The summed E-state index contributed by atoms with van der Waals surface area (Å²) < 4.78 is 18.1. The van der Waals surface area contributed by atoms with Crippen LogP contribution in [0.3, 0.4) is 0 Å². The Hall–Kier alpha value is -4.95. The molecule has 12 nitrogen and oxygen atoms in total. The van der Waals surface area contributed by atoms with Crippen LogP contribution in [-0.2, 0) is 4.79 Å². The maximum absolute atomic E-state index is 13.3. The number of amides is 1. The molecule has 0 saturated carbocycles. The molecule has 0 spiro atoms. The standard InChI is InChI=1S/C29H24N6O6S2/c1-39-22-13-18(14-23(40-2)26(22)41-3)27-30-31-29(43-27)34-24(36)16-42-28(34)21-15-33(19-9-5-4-6-10-19)32-25(21)17-8-7-11-20(12-17)35(37)38/h4-15,28H,16H2,1-3H3. The monoisotopic (exact) mass is 616 g/mol. The Balaban J connectivity index is 1.43. The molecule has 0 N–H and O–H groups in total. The number of para-hydroxylation sites is 1. The van der Waals surface area contributed by atoms with E-state index < -0.39 is 10.3 Å². The largest absolute Gasteiger partial charge is 0.493 e. The lowest BCUT2D eigenvalue weighted by atomic mass is 10.1. The summed E-state index contributed by atoms with van der Waals surface area (Å²) in [7, 11) is 4.60. The highest BCUT2D eigenvalue weighted by molar-refractivity contribution is 8.00. The van der Waals surface area contributed by atoms with Crippen LogP contribution in [0.4, 0.5) is 10.8 Å². The van der Waals surface area contributed by atoms with Crippen molar-refractivity contribution < 1.29 is 23.9 Å². The smallest absolute Gasteiger partial charge is 0.270 e. The SMILES string of the molecule is COc1cc(-c2nnc(N3C(=O)CSC3c3cn(-c4ccccc4)nc3-c3cccc([N+](=O)[O-])c3)s2)cc(OC)c1OC. The summed E-state index contributed by atoms with van der Waals surface area (Å²) in [5.74, 6) is 1.46. The molecule has 14 heteroatoms. The third-order valence-electron chi connectivity index (χ3n) is 6.76. The second-order valence-corrected chi connectivity index (χ2v) is 11.3. The van der Waals surface area contributed by atoms with Crippen molar-refractivity contribution in [2.75, 3.05) is 32.0 Å². The molecule has 0 radical (unpaired) electrons. The molecule has 2 aromatic heterocycles. The normalized spacial score (nSPS) is 14.6. The summed E-state index contributed by atoms with van der Waals surface area (Å²) in [6, 6.07) is 19.4. The van der Waals surface area contributed by atoms with Gasteiger partial charge in [0.1, 0.15) is 10.4 Å². The first kappa shape index (κ1) is 28.2. The van der Waals surface area contributed by atoms with Gasteiger partial charge in [-0.3, -0.25) is 19.8 Å². The number of non-ortho nitro benzene ring substituents is 1. The Labute approximate surface area is 254 Å². The van der Waals surface area contributed by atoms with Crippen molar-refractivity contribution in [3.05, 3.63) is 88.6 Å². The number of aromatic nitrogens is 4. The van der Waals surface area contributed by atoms with Gasteiger partial charge in [-0.15, -0.1) is 22.0 Å². The van der Waals surface area contributed by atoms with Gasteiger partial charge in [-0.1, -0.05) is 41.7 Å². The van der Waals surface area contributed by atoms with Crippen LogP contribution in [0.1, 0.15) is 10.9 Å². The third-order valence-corrected chi connectivity index (χ3v) is 8.93. The summed E-state index contributed by atoms with van der Waals surface area (Å²) in [4.78, 5) is 26.0. The predicted octanol–water partition coefficient (Wildman–Crippen LogP) is 5.77. The molecular formula is C29H24N6O6S2. The van der Waals surface area contributed by atoms with Crippen LogP contribution < -0.4 is 19.1 Å². The molecule has 1 unspecified atom stereocenters. The van der Waals surface area contributed by atoms with E-state index in [0.717, 1.165) is 5.69 Å². The van der Waals surface area contributed by atoms with Gasteiger partial charge in [0.05, 0.1) is 43.4 Å². The first-order valence-electron chi connectivity index (χ1n) is 12.9. The number of nitro benzene ring substituents is 1. The summed E-state index contributed by atoms with van der Waals surface area (Å²) in [6.45, 7) is 0. The molecule has 1 saturated heterocycles. The zero-order valence-electron chi connectivity index (χ0n) is 23.2. The first-order chi connectivity index (χ1) is 20.9. The maximum Gasteiger partial charge on any atom is 0.270 e. The van der Waals surface area contributed by atoms with Gasteiger partial charge >= 0.3 is 0 Å². The number of rotatable bonds is 9. The fourth-order valence-electron chi connectivity index (χ4n) is 4.77. The van der Waals surface area contributed by atoms with E-state index in [1.54, 1.807) is 33.8 Å². The van der Waals surface area contributed by atoms with Crippen LogP contribution in [0.15, 0.2) is 72.9 Å². The maximum atomic E-state index is 13.3. The second-order valence-electron chi connectivity index (χ2n) is 9.25. The number of ether oxygens (including phenoxy) is 3. The van der Waals surface area contributed by atoms with E-state index >= 15 is 0 Å². The van der Waals surface area contributed by atoms with Crippen molar-refractivity contribution in [3.8, 4) is 44.8 Å². The highest BCUT2D eigenvalue weighted by Gasteiger charge is 2.39. The van der Waals surface area contributed by atoms with Crippen molar-refractivity contribution >= 4 is 39.8 Å². The molecule has 5 aromatic rings. The van der Waals surface area contributed by atoms with Gasteiger partial charge in [0.15, 0.2) is 11.5 Å². The Bertz CT molecular complexity index is 1800. The lowest BCUT2D eigenvalue weighted by Crippen LogP contribution is -2.27. The van der Waals surface area contributed by atoms with Gasteiger partial charge in [0.25, 0.3) is 5.69 Å². The molecule has 3 heterocycles. The Kier molecular flexibility index (Phi) is 7.69. The minimum Gasteiger partial charge on any atom is -0.493 e. The highest BCUT2D eigenvalue weighted by atomic mass is 32.2. The highest BCUT2D eigenvalue weighted by Crippen LogP contribution is 2.48. The van der Waals surface area contributed by atoms with Gasteiger partial charge in [-0.25, -0.2) is 4.68 Å². The minimum absolute atomic E-state index is 0.0520. The van der Waals surface area contributed by atoms with Gasteiger partial charge in [0.2, 0.25) is 16.8 Å². The topological polar surface area (TPSA) is 135 Å². The van der Waals surface area contributed by atoms with Crippen molar-refractivity contribution in [2.45, 2.75) is 5.37 Å². The predicted molar refractivity (Wildman–Crippen MR) is 163 cm³/mol. The van der Waals surface area contributed by atoms with Gasteiger partial charge in [-0.05, 0) is 24.3 Å². The van der Waals surface area contributed by atoms with Crippen LogP contribution in [0.25, 0.3) is 27.5 Å². The van der Waals surface area contributed by atoms with E-state index in [4.69, 9.17) is 19.3 Å². The number of nitrogens with zero attached hydrogens (tertiary/aromatic N) is 6. The molecule has 1 aliphatic heterocycles. The summed E-state index contributed by atoms with van der Waals surface area (Å²) in [5, 5.41) is 25.6. The molecule has 3 aromatic carbocycles. The number of benzene rings is 3. The number of carbonyl (C=O) groups excluding carboxylic acids is 1. The molecule has 1 aliphatic rings. The quantitative estimate of drug-likeness (QED) is 0.148.